The zero-order valence-corrected chi connectivity index (χ0v) is 10.9. The van der Waals surface area contributed by atoms with Gasteiger partial charge in [0.25, 0.3) is 0 Å². The van der Waals surface area contributed by atoms with Gasteiger partial charge in [0.1, 0.15) is 0 Å². The van der Waals surface area contributed by atoms with Gasteiger partial charge in [-0.2, -0.15) is 0 Å². The minimum absolute atomic E-state index is 0.348. The number of hydrogen-bond acceptors (Lipinski definition) is 3. The molecular weight excluding hydrogens is 270 g/mol. The van der Waals surface area contributed by atoms with Crippen LogP contribution in [0.3, 0.4) is 0 Å². The Hall–Kier alpha value is -1.29. The molecule has 3 nitrogen and oxygen atoms in total. The second-order valence-electron chi connectivity index (χ2n) is 3.35. The Morgan fingerprint density at radius 3 is 2.81 bits per heavy atom. The molecule has 4 heteroatoms. The summed E-state index contributed by atoms with van der Waals surface area (Å²) >= 11 is 3.48. The summed E-state index contributed by atoms with van der Waals surface area (Å²) in [6.45, 7) is 0.731. The Morgan fingerprint density at radius 2 is 2.19 bits per heavy atom. The van der Waals surface area contributed by atoms with E-state index in [0.717, 1.165) is 11.0 Å². The average Bonchev–Trinajstić information content (AvgIpc) is 2.29. The van der Waals surface area contributed by atoms with Crippen LogP contribution < -0.4 is 0 Å². The van der Waals surface area contributed by atoms with Gasteiger partial charge in [0.2, 0.25) is 0 Å². The lowest BCUT2D eigenvalue weighted by molar-refractivity contribution is -0.134. The van der Waals surface area contributed by atoms with E-state index in [0.29, 0.717) is 0 Å². The highest BCUT2D eigenvalue weighted by molar-refractivity contribution is 9.10. The van der Waals surface area contributed by atoms with Crippen LogP contribution in [0.2, 0.25) is 0 Å². The first-order chi connectivity index (χ1) is 7.63. The Balaban J connectivity index is 2.58. The van der Waals surface area contributed by atoms with Gasteiger partial charge in [0, 0.05) is 30.3 Å². The molecule has 1 aromatic rings. The largest absolute Gasteiger partial charge is 0.466 e. The van der Waals surface area contributed by atoms with Crippen LogP contribution in [0.25, 0.3) is 0 Å². The molecule has 0 bridgehead atoms. The van der Waals surface area contributed by atoms with E-state index in [4.69, 9.17) is 0 Å². The molecule has 0 amide bonds. The number of nitrogens with zero attached hydrogens (tertiary/aromatic N) is 1. The molecular formula is C12H14BrNO2. The summed E-state index contributed by atoms with van der Waals surface area (Å²) < 4.78 is 5.58. The van der Waals surface area contributed by atoms with Crippen LogP contribution in [-0.4, -0.2) is 25.0 Å². The van der Waals surface area contributed by atoms with Crippen molar-refractivity contribution in [2.75, 3.05) is 14.2 Å². The molecule has 0 unspecified atom stereocenters. The van der Waals surface area contributed by atoms with Gasteiger partial charge < -0.3 is 9.64 Å². The summed E-state index contributed by atoms with van der Waals surface area (Å²) in [6, 6.07) is 7.98. The third kappa shape index (κ3) is 4.06. The van der Waals surface area contributed by atoms with E-state index in [2.05, 4.69) is 20.7 Å². The van der Waals surface area contributed by atoms with Gasteiger partial charge >= 0.3 is 5.97 Å². The van der Waals surface area contributed by atoms with Crippen molar-refractivity contribution in [3.05, 3.63) is 46.6 Å². The second-order valence-corrected chi connectivity index (χ2v) is 4.20. The van der Waals surface area contributed by atoms with Crippen molar-refractivity contribution in [1.82, 2.24) is 4.90 Å². The number of halogens is 1. The molecule has 0 heterocycles. The summed E-state index contributed by atoms with van der Waals surface area (Å²) in [5.41, 5.74) is 1.17. The Kier molecular flexibility index (Phi) is 5.05. The maximum atomic E-state index is 10.9. The van der Waals surface area contributed by atoms with Gasteiger partial charge in [0.15, 0.2) is 0 Å². The minimum atomic E-state index is -0.348. The fourth-order valence-corrected chi connectivity index (χ4v) is 1.61. The predicted octanol–water partition coefficient (Wildman–Crippen LogP) is 2.57. The molecule has 1 aromatic carbocycles. The van der Waals surface area contributed by atoms with Crippen LogP contribution in [0.5, 0.6) is 0 Å². The van der Waals surface area contributed by atoms with E-state index in [1.165, 1.54) is 18.7 Å². The van der Waals surface area contributed by atoms with Crippen molar-refractivity contribution >= 4 is 21.9 Å². The average molecular weight is 284 g/mol. The van der Waals surface area contributed by atoms with E-state index in [1.807, 2.05) is 36.2 Å². The second kappa shape index (κ2) is 6.33. The predicted molar refractivity (Wildman–Crippen MR) is 66.8 cm³/mol. The molecule has 0 fully saturated rings. The summed E-state index contributed by atoms with van der Waals surface area (Å²) in [5.74, 6) is -0.348. The highest BCUT2D eigenvalue weighted by atomic mass is 79.9. The van der Waals surface area contributed by atoms with Crippen molar-refractivity contribution in [3.63, 3.8) is 0 Å². The highest BCUT2D eigenvalue weighted by Gasteiger charge is 2.00. The highest BCUT2D eigenvalue weighted by Crippen LogP contribution is 2.17. The molecule has 0 spiro atoms. The summed E-state index contributed by atoms with van der Waals surface area (Å²) in [5, 5.41) is 0. The monoisotopic (exact) mass is 283 g/mol. The van der Waals surface area contributed by atoms with Crippen molar-refractivity contribution in [2.24, 2.45) is 0 Å². The van der Waals surface area contributed by atoms with E-state index < -0.39 is 0 Å². The number of esters is 1. The molecule has 0 atom stereocenters. The summed E-state index contributed by atoms with van der Waals surface area (Å²) in [4.78, 5) is 12.8. The van der Waals surface area contributed by atoms with Gasteiger partial charge in [-0.25, -0.2) is 4.79 Å². The summed E-state index contributed by atoms with van der Waals surface area (Å²) in [6.07, 6.45) is 3.10. The van der Waals surface area contributed by atoms with E-state index in [9.17, 15) is 4.79 Å². The van der Waals surface area contributed by atoms with Crippen molar-refractivity contribution in [1.29, 1.82) is 0 Å². The molecule has 16 heavy (non-hydrogen) atoms. The van der Waals surface area contributed by atoms with Crippen LogP contribution in [-0.2, 0) is 16.1 Å². The lowest BCUT2D eigenvalue weighted by atomic mass is 10.2. The molecule has 0 aliphatic heterocycles. The minimum Gasteiger partial charge on any atom is -0.466 e. The molecule has 0 saturated heterocycles. The number of benzene rings is 1. The summed E-state index contributed by atoms with van der Waals surface area (Å²) in [7, 11) is 3.26. The third-order valence-electron chi connectivity index (χ3n) is 2.04. The number of rotatable bonds is 4. The number of hydrogen-bond donors (Lipinski definition) is 0. The van der Waals surface area contributed by atoms with Crippen LogP contribution in [0.15, 0.2) is 41.0 Å². The number of ether oxygens (including phenoxy) is 1. The molecule has 0 aromatic heterocycles. The molecule has 0 saturated carbocycles. The maximum Gasteiger partial charge on any atom is 0.331 e. The number of carbonyl (C=O) groups is 1. The molecule has 86 valence electrons. The quantitative estimate of drug-likeness (QED) is 0.628. The number of carbonyl (C=O) groups excluding carboxylic acids is 1. The lowest BCUT2D eigenvalue weighted by Crippen LogP contribution is -2.11. The standard InChI is InChI=1S/C12H14BrNO2/c1-14(8-7-12(15)16-2)9-10-5-3-4-6-11(10)13/h3-8H,9H2,1-2H3. The Labute approximate surface area is 104 Å². The van der Waals surface area contributed by atoms with E-state index in [1.54, 1.807) is 6.20 Å². The molecule has 0 aliphatic carbocycles. The van der Waals surface area contributed by atoms with Gasteiger partial charge in [-0.05, 0) is 11.6 Å². The third-order valence-corrected chi connectivity index (χ3v) is 2.82. The zero-order chi connectivity index (χ0) is 12.0. The lowest BCUT2D eigenvalue weighted by Gasteiger charge is -2.14. The van der Waals surface area contributed by atoms with Crippen LogP contribution >= 0.6 is 15.9 Å². The topological polar surface area (TPSA) is 29.5 Å². The van der Waals surface area contributed by atoms with Crippen molar-refractivity contribution < 1.29 is 9.53 Å². The maximum absolute atomic E-state index is 10.9. The number of methoxy groups -OCH3 is 1. The fourth-order valence-electron chi connectivity index (χ4n) is 1.20. The van der Waals surface area contributed by atoms with Crippen LogP contribution in [0, 0.1) is 0 Å². The zero-order valence-electron chi connectivity index (χ0n) is 9.31. The van der Waals surface area contributed by atoms with Gasteiger partial charge in [-0.3, -0.25) is 0 Å². The fraction of sp³-hybridized carbons (Fsp3) is 0.250. The van der Waals surface area contributed by atoms with Crippen molar-refractivity contribution in [3.8, 4) is 0 Å². The first-order valence-electron chi connectivity index (χ1n) is 4.83. The smallest absolute Gasteiger partial charge is 0.331 e. The molecule has 0 radical (unpaired) electrons. The van der Waals surface area contributed by atoms with Gasteiger partial charge in [-0.1, -0.05) is 34.1 Å². The molecule has 0 N–H and O–H groups in total. The van der Waals surface area contributed by atoms with E-state index in [-0.39, 0.29) is 5.97 Å². The first kappa shape index (κ1) is 12.8. The normalized spacial score (nSPS) is 10.4. The van der Waals surface area contributed by atoms with Gasteiger partial charge in [-0.15, -0.1) is 0 Å². The Bertz CT molecular complexity index is 390. The molecule has 0 aliphatic rings. The van der Waals surface area contributed by atoms with Crippen LogP contribution in [0.4, 0.5) is 0 Å². The van der Waals surface area contributed by atoms with Crippen molar-refractivity contribution in [2.45, 2.75) is 6.54 Å². The van der Waals surface area contributed by atoms with E-state index >= 15 is 0 Å². The SMILES string of the molecule is COC(=O)C=CN(C)Cc1ccccc1Br. The van der Waals surface area contributed by atoms with Crippen LogP contribution in [0.1, 0.15) is 5.56 Å². The first-order valence-corrected chi connectivity index (χ1v) is 5.62. The Morgan fingerprint density at radius 1 is 1.50 bits per heavy atom. The van der Waals surface area contributed by atoms with Gasteiger partial charge in [0.05, 0.1) is 7.11 Å². The molecule has 1 rings (SSSR count).